The molecule has 0 spiro atoms. The lowest BCUT2D eigenvalue weighted by Gasteiger charge is -2.02. The highest BCUT2D eigenvalue weighted by molar-refractivity contribution is 7.09. The number of hydrogen-bond acceptors (Lipinski definition) is 3. The fraction of sp³-hybridized carbons (Fsp3) is 0.200. The third-order valence-electron chi connectivity index (χ3n) is 3.08. The minimum atomic E-state index is 0.848. The molecule has 0 aliphatic carbocycles. The van der Waals surface area contributed by atoms with Crippen molar-refractivity contribution in [1.82, 2.24) is 5.32 Å². The van der Waals surface area contributed by atoms with Crippen molar-refractivity contribution >= 4 is 22.3 Å². The van der Waals surface area contributed by atoms with Crippen molar-refractivity contribution in [2.75, 3.05) is 0 Å². The van der Waals surface area contributed by atoms with E-state index in [2.05, 4.69) is 35.0 Å². The van der Waals surface area contributed by atoms with Crippen LogP contribution in [0.5, 0.6) is 0 Å². The van der Waals surface area contributed by atoms with Crippen LogP contribution in [0.2, 0.25) is 0 Å². The third kappa shape index (κ3) is 2.19. The van der Waals surface area contributed by atoms with Crippen LogP contribution in [0.3, 0.4) is 0 Å². The van der Waals surface area contributed by atoms with E-state index in [-0.39, 0.29) is 0 Å². The molecule has 0 saturated heterocycles. The van der Waals surface area contributed by atoms with Crippen molar-refractivity contribution in [3.05, 3.63) is 58.0 Å². The molecule has 3 rings (SSSR count). The minimum absolute atomic E-state index is 0.848. The highest BCUT2D eigenvalue weighted by Crippen LogP contribution is 2.25. The summed E-state index contributed by atoms with van der Waals surface area (Å²) < 4.78 is 5.75. The Hall–Kier alpha value is -1.58. The molecule has 0 saturated carbocycles. The number of furan rings is 1. The Kier molecular flexibility index (Phi) is 3.17. The lowest BCUT2D eigenvalue weighted by atomic mass is 10.1. The molecule has 2 aromatic heterocycles. The van der Waals surface area contributed by atoms with Crippen molar-refractivity contribution in [1.29, 1.82) is 0 Å². The molecule has 0 atom stereocenters. The van der Waals surface area contributed by atoms with Gasteiger partial charge in [0.05, 0.1) is 0 Å². The van der Waals surface area contributed by atoms with E-state index < -0.39 is 0 Å². The maximum atomic E-state index is 5.75. The molecule has 0 fully saturated rings. The van der Waals surface area contributed by atoms with Crippen LogP contribution < -0.4 is 5.32 Å². The molecular formula is C15H15NOS. The van der Waals surface area contributed by atoms with Crippen LogP contribution in [0, 0.1) is 6.92 Å². The largest absolute Gasteiger partial charge is 0.461 e. The Morgan fingerprint density at radius 1 is 1.11 bits per heavy atom. The topological polar surface area (TPSA) is 25.2 Å². The summed E-state index contributed by atoms with van der Waals surface area (Å²) in [6.45, 7) is 3.79. The molecule has 0 amide bonds. The Morgan fingerprint density at radius 3 is 2.83 bits per heavy atom. The summed E-state index contributed by atoms with van der Waals surface area (Å²) in [6, 6.07) is 12.4. The number of rotatable bonds is 4. The predicted molar refractivity (Wildman–Crippen MR) is 75.8 cm³/mol. The first kappa shape index (κ1) is 11.5. The van der Waals surface area contributed by atoms with Gasteiger partial charge in [-0.05, 0) is 24.4 Å². The van der Waals surface area contributed by atoms with Gasteiger partial charge in [-0.1, -0.05) is 24.3 Å². The number of fused-ring (bicyclic) bond motifs is 1. The average Bonchev–Trinajstić information content (AvgIpc) is 2.98. The first-order valence-corrected chi connectivity index (χ1v) is 6.92. The molecule has 3 heteroatoms. The quantitative estimate of drug-likeness (QED) is 0.761. The van der Waals surface area contributed by atoms with Crippen molar-refractivity contribution in [2.24, 2.45) is 0 Å². The van der Waals surface area contributed by atoms with Gasteiger partial charge in [0.1, 0.15) is 11.3 Å². The maximum absolute atomic E-state index is 5.75. The van der Waals surface area contributed by atoms with E-state index in [4.69, 9.17) is 4.42 Å². The van der Waals surface area contributed by atoms with E-state index in [0.29, 0.717) is 0 Å². The molecule has 0 radical (unpaired) electrons. The fourth-order valence-corrected chi connectivity index (χ4v) is 2.84. The standard InChI is InChI=1S/C15H15NOS/c1-11-14(10-16-9-12-5-4-8-18-12)13-6-2-3-7-15(13)17-11/h2-8,16H,9-10H2,1H3. The molecule has 0 unspecified atom stereocenters. The number of hydrogen-bond donors (Lipinski definition) is 1. The van der Waals surface area contributed by atoms with Gasteiger partial charge in [0.25, 0.3) is 0 Å². The van der Waals surface area contributed by atoms with Gasteiger partial charge < -0.3 is 9.73 Å². The third-order valence-corrected chi connectivity index (χ3v) is 3.96. The fourth-order valence-electron chi connectivity index (χ4n) is 2.16. The number of thiophene rings is 1. The molecule has 0 aliphatic heterocycles. The Labute approximate surface area is 110 Å². The Bertz CT molecular complexity index is 640. The Morgan fingerprint density at radius 2 is 2.00 bits per heavy atom. The van der Waals surface area contributed by atoms with E-state index in [1.165, 1.54) is 15.8 Å². The molecule has 18 heavy (non-hydrogen) atoms. The summed E-state index contributed by atoms with van der Waals surface area (Å²) in [5, 5.41) is 6.80. The number of aryl methyl sites for hydroxylation is 1. The maximum Gasteiger partial charge on any atom is 0.134 e. The molecule has 0 aliphatic rings. The van der Waals surface area contributed by atoms with Crippen LogP contribution in [-0.4, -0.2) is 0 Å². The monoisotopic (exact) mass is 257 g/mol. The lowest BCUT2D eigenvalue weighted by molar-refractivity contribution is 0.565. The van der Waals surface area contributed by atoms with Crippen LogP contribution in [0.1, 0.15) is 16.2 Å². The van der Waals surface area contributed by atoms with Crippen molar-refractivity contribution in [3.8, 4) is 0 Å². The first-order chi connectivity index (χ1) is 8.84. The van der Waals surface area contributed by atoms with Gasteiger partial charge in [0.15, 0.2) is 0 Å². The van der Waals surface area contributed by atoms with E-state index in [9.17, 15) is 0 Å². The summed E-state index contributed by atoms with van der Waals surface area (Å²) in [4.78, 5) is 1.36. The molecule has 3 aromatic rings. The number of para-hydroxylation sites is 1. The van der Waals surface area contributed by atoms with E-state index in [1.54, 1.807) is 11.3 Å². The van der Waals surface area contributed by atoms with E-state index in [0.717, 1.165) is 24.4 Å². The molecule has 0 bridgehead atoms. The van der Waals surface area contributed by atoms with Crippen LogP contribution >= 0.6 is 11.3 Å². The van der Waals surface area contributed by atoms with Gasteiger partial charge in [-0.25, -0.2) is 0 Å². The normalized spacial score (nSPS) is 11.2. The SMILES string of the molecule is Cc1oc2ccccc2c1CNCc1cccs1. The molecule has 2 nitrogen and oxygen atoms in total. The lowest BCUT2D eigenvalue weighted by Crippen LogP contribution is -2.12. The number of benzene rings is 1. The molecule has 2 heterocycles. The summed E-state index contributed by atoms with van der Waals surface area (Å²) in [5.41, 5.74) is 2.24. The van der Waals surface area contributed by atoms with Gasteiger partial charge in [-0.2, -0.15) is 0 Å². The zero-order chi connectivity index (χ0) is 12.4. The number of nitrogens with one attached hydrogen (secondary N) is 1. The summed E-state index contributed by atoms with van der Waals surface area (Å²) in [6.07, 6.45) is 0. The molecule has 92 valence electrons. The van der Waals surface area contributed by atoms with Crippen molar-refractivity contribution in [3.63, 3.8) is 0 Å². The van der Waals surface area contributed by atoms with Crippen LogP contribution in [0.25, 0.3) is 11.0 Å². The zero-order valence-corrected chi connectivity index (χ0v) is 11.1. The van der Waals surface area contributed by atoms with Gasteiger partial charge in [0.2, 0.25) is 0 Å². The zero-order valence-electron chi connectivity index (χ0n) is 10.3. The van der Waals surface area contributed by atoms with Gasteiger partial charge >= 0.3 is 0 Å². The van der Waals surface area contributed by atoms with E-state index >= 15 is 0 Å². The van der Waals surface area contributed by atoms with Gasteiger partial charge in [-0.15, -0.1) is 11.3 Å². The second-order valence-corrected chi connectivity index (χ2v) is 5.35. The molecule has 1 N–H and O–H groups in total. The molecular weight excluding hydrogens is 242 g/mol. The van der Waals surface area contributed by atoms with Gasteiger partial charge in [0, 0.05) is 28.9 Å². The second-order valence-electron chi connectivity index (χ2n) is 4.32. The molecule has 1 aromatic carbocycles. The summed E-state index contributed by atoms with van der Waals surface area (Å²) >= 11 is 1.78. The average molecular weight is 257 g/mol. The summed E-state index contributed by atoms with van der Waals surface area (Å²) in [7, 11) is 0. The van der Waals surface area contributed by atoms with Crippen LogP contribution in [0.15, 0.2) is 46.2 Å². The first-order valence-electron chi connectivity index (χ1n) is 6.04. The predicted octanol–water partition coefficient (Wildman–Crippen LogP) is 4.09. The summed E-state index contributed by atoms with van der Waals surface area (Å²) in [5.74, 6) is 1.01. The Balaban J connectivity index is 1.76. The van der Waals surface area contributed by atoms with Crippen LogP contribution in [-0.2, 0) is 13.1 Å². The van der Waals surface area contributed by atoms with E-state index in [1.807, 2.05) is 19.1 Å². The highest BCUT2D eigenvalue weighted by atomic mass is 32.1. The van der Waals surface area contributed by atoms with Crippen molar-refractivity contribution < 1.29 is 4.42 Å². The van der Waals surface area contributed by atoms with Crippen LogP contribution in [0.4, 0.5) is 0 Å². The van der Waals surface area contributed by atoms with Gasteiger partial charge in [-0.3, -0.25) is 0 Å². The van der Waals surface area contributed by atoms with Crippen molar-refractivity contribution in [2.45, 2.75) is 20.0 Å². The second kappa shape index (κ2) is 4.96. The highest BCUT2D eigenvalue weighted by Gasteiger charge is 2.09. The smallest absolute Gasteiger partial charge is 0.134 e. The minimum Gasteiger partial charge on any atom is -0.461 e.